The molecule has 1 aliphatic carbocycles. The van der Waals surface area contributed by atoms with Crippen molar-refractivity contribution < 1.29 is 4.74 Å². The van der Waals surface area contributed by atoms with E-state index in [2.05, 4.69) is 18.3 Å². The molecule has 1 aromatic rings. The van der Waals surface area contributed by atoms with E-state index < -0.39 is 0 Å². The molecule has 0 aliphatic heterocycles. The Morgan fingerprint density at radius 2 is 2.28 bits per heavy atom. The molecule has 18 heavy (non-hydrogen) atoms. The molecule has 0 bridgehead atoms. The highest BCUT2D eigenvalue weighted by molar-refractivity contribution is 5.45. The molecule has 0 aromatic heterocycles. The van der Waals surface area contributed by atoms with Gasteiger partial charge in [0, 0.05) is 12.6 Å². The van der Waals surface area contributed by atoms with E-state index in [4.69, 9.17) is 10.00 Å². The molecular formula is C15H20N2O. The van der Waals surface area contributed by atoms with Gasteiger partial charge in [0.05, 0.1) is 12.7 Å². The number of benzene rings is 1. The number of nitrogens with zero attached hydrogens (tertiary/aromatic N) is 1. The van der Waals surface area contributed by atoms with Crippen LogP contribution in [0.2, 0.25) is 0 Å². The van der Waals surface area contributed by atoms with Gasteiger partial charge in [0.15, 0.2) is 0 Å². The van der Waals surface area contributed by atoms with E-state index in [0.717, 1.165) is 12.5 Å². The molecule has 1 fully saturated rings. The number of hydrogen-bond donors (Lipinski definition) is 1. The Labute approximate surface area is 109 Å². The van der Waals surface area contributed by atoms with Crippen LogP contribution in [-0.2, 0) is 6.54 Å². The molecule has 0 amide bonds. The van der Waals surface area contributed by atoms with Gasteiger partial charge in [-0.2, -0.15) is 5.26 Å². The highest BCUT2D eigenvalue weighted by atomic mass is 16.5. The van der Waals surface area contributed by atoms with Crippen molar-refractivity contribution >= 4 is 0 Å². The van der Waals surface area contributed by atoms with Crippen molar-refractivity contribution in [3.63, 3.8) is 0 Å². The summed E-state index contributed by atoms with van der Waals surface area (Å²) < 4.78 is 5.22. The normalized spacial score (nSPS) is 22.7. The summed E-state index contributed by atoms with van der Waals surface area (Å²) in [6.07, 6.45) is 3.93. The second kappa shape index (κ2) is 5.88. The van der Waals surface area contributed by atoms with Crippen molar-refractivity contribution in [2.45, 2.75) is 38.8 Å². The Kier molecular flexibility index (Phi) is 4.22. The first-order valence-electron chi connectivity index (χ1n) is 6.55. The zero-order chi connectivity index (χ0) is 13.0. The van der Waals surface area contributed by atoms with Crippen molar-refractivity contribution in [1.29, 1.82) is 5.26 Å². The van der Waals surface area contributed by atoms with Gasteiger partial charge in [0.25, 0.3) is 0 Å². The Hall–Kier alpha value is -1.53. The first-order chi connectivity index (χ1) is 8.74. The van der Waals surface area contributed by atoms with Crippen molar-refractivity contribution in [3.05, 3.63) is 29.3 Å². The minimum Gasteiger partial charge on any atom is -0.495 e. The van der Waals surface area contributed by atoms with Crippen LogP contribution in [0.25, 0.3) is 0 Å². The third-order valence-corrected chi connectivity index (χ3v) is 3.82. The van der Waals surface area contributed by atoms with E-state index in [1.165, 1.54) is 24.8 Å². The van der Waals surface area contributed by atoms with Crippen LogP contribution < -0.4 is 10.1 Å². The summed E-state index contributed by atoms with van der Waals surface area (Å²) in [6.45, 7) is 3.15. The fourth-order valence-electron chi connectivity index (χ4n) is 2.64. The second-order valence-corrected chi connectivity index (χ2v) is 5.04. The predicted octanol–water partition coefficient (Wildman–Crippen LogP) is 2.85. The number of hydrogen-bond acceptors (Lipinski definition) is 3. The lowest BCUT2D eigenvalue weighted by Gasteiger charge is -2.17. The largest absolute Gasteiger partial charge is 0.495 e. The maximum absolute atomic E-state index is 8.93. The maximum Gasteiger partial charge on any atom is 0.136 e. The van der Waals surface area contributed by atoms with Gasteiger partial charge in [-0.15, -0.1) is 0 Å². The minimum atomic E-state index is 0.593. The number of nitriles is 1. The monoisotopic (exact) mass is 244 g/mol. The standard InChI is InChI=1S/C15H20N2O/c1-11-4-3-5-14(11)17-10-12-6-7-13(9-16)15(8-12)18-2/h6-8,11,14,17H,3-5,10H2,1-2H3. The van der Waals surface area contributed by atoms with Crippen LogP contribution in [0.4, 0.5) is 0 Å². The zero-order valence-corrected chi connectivity index (χ0v) is 11.1. The van der Waals surface area contributed by atoms with E-state index in [1.54, 1.807) is 7.11 Å². The van der Waals surface area contributed by atoms with E-state index in [0.29, 0.717) is 17.4 Å². The van der Waals surface area contributed by atoms with Crippen LogP contribution in [-0.4, -0.2) is 13.2 Å². The van der Waals surface area contributed by atoms with Gasteiger partial charge in [-0.25, -0.2) is 0 Å². The van der Waals surface area contributed by atoms with Gasteiger partial charge in [-0.1, -0.05) is 19.4 Å². The van der Waals surface area contributed by atoms with Crippen LogP contribution in [0.5, 0.6) is 5.75 Å². The maximum atomic E-state index is 8.93. The summed E-state index contributed by atoms with van der Waals surface area (Å²) in [7, 11) is 1.60. The van der Waals surface area contributed by atoms with Gasteiger partial charge < -0.3 is 10.1 Å². The first kappa shape index (κ1) is 12.9. The second-order valence-electron chi connectivity index (χ2n) is 5.04. The molecule has 3 nitrogen and oxygen atoms in total. The molecule has 0 saturated heterocycles. The average Bonchev–Trinajstić information content (AvgIpc) is 2.81. The quantitative estimate of drug-likeness (QED) is 0.885. The van der Waals surface area contributed by atoms with Crippen molar-refractivity contribution in [3.8, 4) is 11.8 Å². The summed E-state index contributed by atoms with van der Waals surface area (Å²) in [5.41, 5.74) is 1.76. The van der Waals surface area contributed by atoms with Crippen molar-refractivity contribution in [1.82, 2.24) is 5.32 Å². The molecule has 1 aromatic carbocycles. The average molecular weight is 244 g/mol. The molecule has 0 radical (unpaired) electrons. The molecule has 3 heteroatoms. The number of methoxy groups -OCH3 is 1. The zero-order valence-electron chi connectivity index (χ0n) is 11.1. The number of nitrogens with one attached hydrogen (secondary N) is 1. The molecule has 2 rings (SSSR count). The third-order valence-electron chi connectivity index (χ3n) is 3.82. The first-order valence-corrected chi connectivity index (χ1v) is 6.55. The Balaban J connectivity index is 1.99. The highest BCUT2D eigenvalue weighted by Crippen LogP contribution is 2.25. The van der Waals surface area contributed by atoms with Gasteiger partial charge in [0.1, 0.15) is 11.8 Å². The smallest absolute Gasteiger partial charge is 0.136 e. The molecule has 0 spiro atoms. The van der Waals surface area contributed by atoms with Crippen LogP contribution in [0.15, 0.2) is 18.2 Å². The van der Waals surface area contributed by atoms with Crippen molar-refractivity contribution in [2.24, 2.45) is 5.92 Å². The highest BCUT2D eigenvalue weighted by Gasteiger charge is 2.22. The van der Waals surface area contributed by atoms with Gasteiger partial charge in [-0.3, -0.25) is 0 Å². The predicted molar refractivity (Wildman–Crippen MR) is 71.4 cm³/mol. The molecule has 1 aliphatic rings. The summed E-state index contributed by atoms with van der Waals surface area (Å²) in [5.74, 6) is 1.43. The number of rotatable bonds is 4. The summed E-state index contributed by atoms with van der Waals surface area (Å²) in [6, 6.07) is 8.53. The van der Waals surface area contributed by atoms with Crippen LogP contribution in [0.1, 0.15) is 37.3 Å². The van der Waals surface area contributed by atoms with Crippen LogP contribution in [0, 0.1) is 17.2 Å². The Morgan fingerprint density at radius 3 is 2.89 bits per heavy atom. The van der Waals surface area contributed by atoms with Gasteiger partial charge >= 0.3 is 0 Å². The SMILES string of the molecule is COc1cc(CNC2CCCC2C)ccc1C#N. The molecule has 2 unspecified atom stereocenters. The summed E-state index contributed by atoms with van der Waals surface area (Å²) in [5, 5.41) is 12.5. The number of ether oxygens (including phenoxy) is 1. The fraction of sp³-hybridized carbons (Fsp3) is 0.533. The van der Waals surface area contributed by atoms with E-state index in [1.807, 2.05) is 18.2 Å². The minimum absolute atomic E-state index is 0.593. The molecule has 1 N–H and O–H groups in total. The molecule has 1 saturated carbocycles. The van der Waals surface area contributed by atoms with E-state index in [9.17, 15) is 0 Å². The van der Waals surface area contributed by atoms with Crippen LogP contribution in [0.3, 0.4) is 0 Å². The summed E-state index contributed by atoms with van der Waals surface area (Å²) >= 11 is 0. The lowest BCUT2D eigenvalue weighted by atomic mass is 10.1. The third kappa shape index (κ3) is 2.83. The molecule has 2 atom stereocenters. The summed E-state index contributed by atoms with van der Waals surface area (Å²) in [4.78, 5) is 0. The Morgan fingerprint density at radius 1 is 1.44 bits per heavy atom. The van der Waals surface area contributed by atoms with Crippen LogP contribution >= 0.6 is 0 Å². The van der Waals surface area contributed by atoms with Gasteiger partial charge in [-0.05, 0) is 36.5 Å². The van der Waals surface area contributed by atoms with Crippen molar-refractivity contribution in [2.75, 3.05) is 7.11 Å². The molecular weight excluding hydrogens is 224 g/mol. The molecule has 96 valence electrons. The molecule has 0 heterocycles. The lowest BCUT2D eigenvalue weighted by molar-refractivity contribution is 0.409. The van der Waals surface area contributed by atoms with E-state index >= 15 is 0 Å². The fourth-order valence-corrected chi connectivity index (χ4v) is 2.64. The van der Waals surface area contributed by atoms with Gasteiger partial charge in [0.2, 0.25) is 0 Å². The topological polar surface area (TPSA) is 45.0 Å². The Bertz CT molecular complexity index is 450. The lowest BCUT2D eigenvalue weighted by Crippen LogP contribution is -2.30. The van der Waals surface area contributed by atoms with E-state index in [-0.39, 0.29) is 0 Å².